The zero-order chi connectivity index (χ0) is 21.6. The number of para-hydroxylation sites is 1. The van der Waals surface area contributed by atoms with Crippen molar-refractivity contribution in [3.05, 3.63) is 77.5 Å². The summed E-state index contributed by atoms with van der Waals surface area (Å²) in [6.07, 6.45) is -0.692. The van der Waals surface area contributed by atoms with Gasteiger partial charge in [0.2, 0.25) is 5.91 Å². The molecule has 0 radical (unpaired) electrons. The second-order valence-corrected chi connectivity index (χ2v) is 8.23. The van der Waals surface area contributed by atoms with Crippen molar-refractivity contribution in [2.75, 3.05) is 5.32 Å². The number of anilines is 1. The fraction of sp³-hybridized carbons (Fsp3) is 0.261. The first-order chi connectivity index (χ1) is 15.1. The van der Waals surface area contributed by atoms with Crippen LogP contribution in [0, 0.1) is 0 Å². The zero-order valence-electron chi connectivity index (χ0n) is 17.2. The van der Waals surface area contributed by atoms with Gasteiger partial charge < -0.3 is 15.4 Å². The number of carbonyl (C=O) groups excluding carboxylic acids is 2. The van der Waals surface area contributed by atoms with Gasteiger partial charge in [0.1, 0.15) is 18.1 Å². The molecule has 0 bridgehead atoms. The molecule has 1 aromatic heterocycles. The number of hydrogen-bond donors (Lipinski definition) is 2. The fourth-order valence-corrected chi connectivity index (χ4v) is 4.32. The molecule has 4 rings (SSSR count). The molecule has 0 fully saturated rings. The van der Waals surface area contributed by atoms with E-state index in [4.69, 9.17) is 4.74 Å². The molecular formula is C23H24N4O3S. The number of nitrogens with zero attached hydrogens (tertiary/aromatic N) is 2. The summed E-state index contributed by atoms with van der Waals surface area (Å²) >= 11 is 1.74. The van der Waals surface area contributed by atoms with E-state index in [9.17, 15) is 9.59 Å². The first-order valence-corrected chi connectivity index (χ1v) is 11.2. The van der Waals surface area contributed by atoms with E-state index in [0.29, 0.717) is 18.1 Å². The minimum Gasteiger partial charge on any atom is -0.481 e. The lowest BCUT2D eigenvalue weighted by Crippen LogP contribution is -2.33. The van der Waals surface area contributed by atoms with Gasteiger partial charge in [0, 0.05) is 23.6 Å². The number of nitrogens with one attached hydrogen (secondary N) is 2. The van der Waals surface area contributed by atoms with E-state index >= 15 is 0 Å². The van der Waals surface area contributed by atoms with Crippen molar-refractivity contribution < 1.29 is 14.3 Å². The first-order valence-electron chi connectivity index (χ1n) is 10.1. The Kier molecular flexibility index (Phi) is 6.57. The van der Waals surface area contributed by atoms with Gasteiger partial charge in [0.25, 0.3) is 5.91 Å². The van der Waals surface area contributed by atoms with Gasteiger partial charge in [-0.15, -0.1) is 0 Å². The molecule has 2 heterocycles. The van der Waals surface area contributed by atoms with Crippen LogP contribution >= 0.6 is 11.8 Å². The molecule has 31 heavy (non-hydrogen) atoms. The number of carbonyl (C=O) groups is 2. The maximum absolute atomic E-state index is 12.8. The highest BCUT2D eigenvalue weighted by Gasteiger charge is 2.26. The predicted molar refractivity (Wildman–Crippen MR) is 121 cm³/mol. The Hall–Kier alpha value is -3.26. The predicted octanol–water partition coefficient (Wildman–Crippen LogP) is 3.35. The largest absolute Gasteiger partial charge is 0.481 e. The van der Waals surface area contributed by atoms with Crippen LogP contribution in [0.3, 0.4) is 0 Å². The van der Waals surface area contributed by atoms with Gasteiger partial charge in [-0.05, 0) is 24.6 Å². The Balaban J connectivity index is 1.42. The van der Waals surface area contributed by atoms with Crippen LogP contribution in [0.4, 0.5) is 5.82 Å². The molecule has 1 aliphatic heterocycles. The summed E-state index contributed by atoms with van der Waals surface area (Å²) in [5.41, 5.74) is 2.91. The van der Waals surface area contributed by atoms with Crippen LogP contribution in [0.5, 0.6) is 5.75 Å². The lowest BCUT2D eigenvalue weighted by molar-refractivity contribution is -0.123. The highest BCUT2D eigenvalue weighted by atomic mass is 32.2. The molecule has 1 atom stereocenters. The topological polar surface area (TPSA) is 85.2 Å². The van der Waals surface area contributed by atoms with Gasteiger partial charge in [-0.1, -0.05) is 48.5 Å². The molecule has 2 N–H and O–H groups in total. The third kappa shape index (κ3) is 5.27. The van der Waals surface area contributed by atoms with E-state index in [1.165, 1.54) is 0 Å². The van der Waals surface area contributed by atoms with Crippen molar-refractivity contribution in [2.45, 2.75) is 37.6 Å². The number of benzene rings is 2. The van der Waals surface area contributed by atoms with Crippen LogP contribution in [-0.2, 0) is 34.2 Å². The average molecular weight is 437 g/mol. The second kappa shape index (κ2) is 9.70. The van der Waals surface area contributed by atoms with Gasteiger partial charge in [-0.3, -0.25) is 9.59 Å². The maximum atomic E-state index is 12.8. The molecule has 8 heteroatoms. The van der Waals surface area contributed by atoms with Crippen molar-refractivity contribution in [3.63, 3.8) is 0 Å². The number of ether oxygens (including phenoxy) is 1. The third-order valence-electron chi connectivity index (χ3n) is 4.91. The Morgan fingerprint density at radius 3 is 2.55 bits per heavy atom. The summed E-state index contributed by atoms with van der Waals surface area (Å²) in [6.45, 7) is 2.18. The normalized spacial score (nSPS) is 13.3. The minimum absolute atomic E-state index is 0.0358. The van der Waals surface area contributed by atoms with E-state index in [1.54, 1.807) is 35.5 Å². The van der Waals surface area contributed by atoms with E-state index in [0.717, 1.165) is 28.3 Å². The van der Waals surface area contributed by atoms with Crippen molar-refractivity contribution in [1.29, 1.82) is 0 Å². The van der Waals surface area contributed by atoms with E-state index in [1.807, 2.05) is 48.5 Å². The standard InChI is InChI=1S/C23H24N4O3S/c1-16(30-18-10-6-3-7-11-18)23(29)25-22-19-14-31-15-20(19)26-27(22)13-21(28)24-12-17-8-4-2-5-9-17/h2-11,16H,12-15H2,1H3,(H,24,28)(H,25,29)/t16-/m1/s1. The van der Waals surface area contributed by atoms with Crippen LogP contribution in [0.15, 0.2) is 60.7 Å². The summed E-state index contributed by atoms with van der Waals surface area (Å²) in [5.74, 6) is 2.27. The zero-order valence-corrected chi connectivity index (χ0v) is 18.0. The van der Waals surface area contributed by atoms with Crippen molar-refractivity contribution >= 4 is 29.4 Å². The van der Waals surface area contributed by atoms with Crippen LogP contribution in [0.2, 0.25) is 0 Å². The quantitative estimate of drug-likeness (QED) is 0.566. The lowest BCUT2D eigenvalue weighted by atomic mass is 10.2. The van der Waals surface area contributed by atoms with E-state index in [-0.39, 0.29) is 18.4 Å². The molecule has 2 aromatic carbocycles. The third-order valence-corrected chi connectivity index (χ3v) is 5.88. The smallest absolute Gasteiger partial charge is 0.266 e. The summed E-state index contributed by atoms with van der Waals surface area (Å²) in [7, 11) is 0. The molecule has 7 nitrogen and oxygen atoms in total. The number of rotatable bonds is 8. The van der Waals surface area contributed by atoms with Crippen LogP contribution in [-0.4, -0.2) is 27.7 Å². The lowest BCUT2D eigenvalue weighted by Gasteiger charge is -2.16. The monoisotopic (exact) mass is 436 g/mol. The van der Waals surface area contributed by atoms with Crippen molar-refractivity contribution in [3.8, 4) is 5.75 Å². The highest BCUT2D eigenvalue weighted by Crippen LogP contribution is 2.34. The minimum atomic E-state index is -0.692. The molecule has 2 amide bonds. The summed E-state index contributed by atoms with van der Waals surface area (Å²) in [4.78, 5) is 25.3. The molecule has 0 saturated carbocycles. The van der Waals surface area contributed by atoms with Gasteiger partial charge in [0.05, 0.1) is 5.69 Å². The molecular weight excluding hydrogens is 412 g/mol. The Morgan fingerprint density at radius 2 is 1.81 bits per heavy atom. The van der Waals surface area contributed by atoms with Gasteiger partial charge in [-0.2, -0.15) is 16.9 Å². The second-order valence-electron chi connectivity index (χ2n) is 7.25. The highest BCUT2D eigenvalue weighted by molar-refractivity contribution is 7.98. The van der Waals surface area contributed by atoms with Crippen LogP contribution in [0.25, 0.3) is 0 Å². The average Bonchev–Trinajstić information content (AvgIpc) is 3.36. The van der Waals surface area contributed by atoms with E-state index in [2.05, 4.69) is 15.7 Å². The molecule has 0 saturated heterocycles. The maximum Gasteiger partial charge on any atom is 0.266 e. The van der Waals surface area contributed by atoms with Crippen molar-refractivity contribution in [1.82, 2.24) is 15.1 Å². The molecule has 3 aromatic rings. The molecule has 160 valence electrons. The summed E-state index contributed by atoms with van der Waals surface area (Å²) in [6, 6.07) is 18.9. The number of hydrogen-bond acceptors (Lipinski definition) is 5. The van der Waals surface area contributed by atoms with Crippen LogP contribution < -0.4 is 15.4 Å². The van der Waals surface area contributed by atoms with E-state index < -0.39 is 6.10 Å². The Labute approximate surface area is 185 Å². The number of aromatic nitrogens is 2. The number of thioether (sulfide) groups is 1. The molecule has 0 spiro atoms. The SMILES string of the molecule is C[C@@H](Oc1ccccc1)C(=O)Nc1c2c(nn1CC(=O)NCc1ccccc1)CSC2. The summed E-state index contributed by atoms with van der Waals surface area (Å²) < 4.78 is 7.31. The number of amides is 2. The van der Waals surface area contributed by atoms with Crippen LogP contribution in [0.1, 0.15) is 23.7 Å². The Bertz CT molecular complexity index is 1050. The Morgan fingerprint density at radius 1 is 1.10 bits per heavy atom. The summed E-state index contributed by atoms with van der Waals surface area (Å²) in [5, 5.41) is 10.4. The molecule has 1 aliphatic rings. The molecule has 0 aliphatic carbocycles. The first kappa shape index (κ1) is 21.0. The fourth-order valence-electron chi connectivity index (χ4n) is 3.28. The van der Waals surface area contributed by atoms with Gasteiger partial charge in [0.15, 0.2) is 6.10 Å². The molecule has 0 unspecified atom stereocenters. The number of fused-ring (bicyclic) bond motifs is 1. The van der Waals surface area contributed by atoms with Crippen molar-refractivity contribution in [2.24, 2.45) is 0 Å². The van der Waals surface area contributed by atoms with Gasteiger partial charge >= 0.3 is 0 Å². The van der Waals surface area contributed by atoms with Gasteiger partial charge in [-0.25, -0.2) is 4.68 Å².